The van der Waals surface area contributed by atoms with Gasteiger partial charge in [-0.25, -0.2) is 4.98 Å². The minimum absolute atomic E-state index is 0.357. The summed E-state index contributed by atoms with van der Waals surface area (Å²) < 4.78 is 0. The Morgan fingerprint density at radius 3 is 2.55 bits per heavy atom. The highest BCUT2D eigenvalue weighted by atomic mass is 32.1. The highest BCUT2D eigenvalue weighted by molar-refractivity contribution is 7.15. The van der Waals surface area contributed by atoms with E-state index in [1.807, 2.05) is 6.20 Å². The van der Waals surface area contributed by atoms with Gasteiger partial charge in [0.15, 0.2) is 5.13 Å². The number of nitrogens with zero attached hydrogens (tertiary/aromatic N) is 2. The first-order chi connectivity index (χ1) is 9.74. The van der Waals surface area contributed by atoms with Crippen molar-refractivity contribution in [2.45, 2.75) is 33.4 Å². The molecule has 0 unspecified atom stereocenters. The van der Waals surface area contributed by atoms with Crippen LogP contribution in [-0.2, 0) is 6.54 Å². The van der Waals surface area contributed by atoms with Crippen molar-refractivity contribution >= 4 is 16.5 Å². The van der Waals surface area contributed by atoms with Crippen LogP contribution in [0.25, 0.3) is 0 Å². The van der Waals surface area contributed by atoms with E-state index in [0.717, 1.165) is 24.8 Å². The first-order valence-corrected chi connectivity index (χ1v) is 8.04. The zero-order valence-electron chi connectivity index (χ0n) is 12.5. The number of aromatic nitrogens is 1. The standard InChI is InChI=1S/C16H23N3S/c1-4-19(5-2)16-18-12-15(20-16)11-17-13(3)14-9-7-6-8-10-14/h6-10,12-13,17H,4-5,11H2,1-3H3/t13-/m0/s1. The number of thiazole rings is 1. The summed E-state index contributed by atoms with van der Waals surface area (Å²) in [5.41, 5.74) is 1.32. The van der Waals surface area contributed by atoms with Crippen molar-refractivity contribution in [2.24, 2.45) is 0 Å². The van der Waals surface area contributed by atoms with Gasteiger partial charge in [-0.2, -0.15) is 0 Å². The van der Waals surface area contributed by atoms with E-state index in [-0.39, 0.29) is 0 Å². The van der Waals surface area contributed by atoms with Gasteiger partial charge in [0.05, 0.1) is 0 Å². The predicted octanol–water partition coefficient (Wildman–Crippen LogP) is 3.84. The van der Waals surface area contributed by atoms with Crippen LogP contribution < -0.4 is 10.2 Å². The van der Waals surface area contributed by atoms with Gasteiger partial charge in [-0.15, -0.1) is 11.3 Å². The predicted molar refractivity (Wildman–Crippen MR) is 87.4 cm³/mol. The molecule has 0 bridgehead atoms. The molecular formula is C16H23N3S. The second-order valence-corrected chi connectivity index (χ2v) is 5.89. The first-order valence-electron chi connectivity index (χ1n) is 7.22. The summed E-state index contributed by atoms with van der Waals surface area (Å²) in [5, 5.41) is 4.68. The average Bonchev–Trinajstić information content (AvgIpc) is 2.96. The summed E-state index contributed by atoms with van der Waals surface area (Å²) in [5.74, 6) is 0. The molecule has 0 aliphatic heterocycles. The van der Waals surface area contributed by atoms with Crippen molar-refractivity contribution in [2.75, 3.05) is 18.0 Å². The Labute approximate surface area is 125 Å². The van der Waals surface area contributed by atoms with Crippen LogP contribution >= 0.6 is 11.3 Å². The molecule has 1 aromatic heterocycles. The van der Waals surface area contributed by atoms with E-state index in [9.17, 15) is 0 Å². The third kappa shape index (κ3) is 3.81. The Bertz CT molecular complexity index is 505. The molecule has 0 saturated heterocycles. The van der Waals surface area contributed by atoms with Gasteiger partial charge in [-0.05, 0) is 26.3 Å². The third-order valence-electron chi connectivity index (χ3n) is 3.46. The van der Waals surface area contributed by atoms with Crippen molar-refractivity contribution in [1.82, 2.24) is 10.3 Å². The number of hydrogen-bond donors (Lipinski definition) is 1. The van der Waals surface area contributed by atoms with E-state index in [1.54, 1.807) is 11.3 Å². The summed E-state index contributed by atoms with van der Waals surface area (Å²) in [6, 6.07) is 10.9. The van der Waals surface area contributed by atoms with Crippen molar-refractivity contribution in [3.63, 3.8) is 0 Å². The summed E-state index contributed by atoms with van der Waals surface area (Å²) in [4.78, 5) is 8.09. The fourth-order valence-electron chi connectivity index (χ4n) is 2.13. The summed E-state index contributed by atoms with van der Waals surface area (Å²) >= 11 is 1.78. The molecule has 0 radical (unpaired) electrons. The number of benzene rings is 1. The number of anilines is 1. The molecule has 2 rings (SSSR count). The topological polar surface area (TPSA) is 28.2 Å². The zero-order valence-corrected chi connectivity index (χ0v) is 13.3. The van der Waals surface area contributed by atoms with Crippen LogP contribution in [0.5, 0.6) is 0 Å². The summed E-state index contributed by atoms with van der Waals surface area (Å²) in [6.45, 7) is 9.42. The second kappa shape index (κ2) is 7.41. The molecule has 1 aromatic carbocycles. The highest BCUT2D eigenvalue weighted by Gasteiger charge is 2.09. The lowest BCUT2D eigenvalue weighted by molar-refractivity contribution is 0.578. The van der Waals surface area contributed by atoms with Crippen molar-refractivity contribution < 1.29 is 0 Å². The van der Waals surface area contributed by atoms with E-state index in [4.69, 9.17) is 0 Å². The van der Waals surface area contributed by atoms with Crippen LogP contribution in [0.2, 0.25) is 0 Å². The molecule has 0 fully saturated rings. The normalized spacial score (nSPS) is 12.3. The van der Waals surface area contributed by atoms with Gasteiger partial charge in [0, 0.05) is 36.8 Å². The quantitative estimate of drug-likeness (QED) is 0.839. The minimum Gasteiger partial charge on any atom is -0.349 e. The molecule has 3 nitrogen and oxygen atoms in total. The van der Waals surface area contributed by atoms with E-state index in [1.165, 1.54) is 10.4 Å². The van der Waals surface area contributed by atoms with Crippen molar-refractivity contribution in [3.8, 4) is 0 Å². The maximum atomic E-state index is 4.51. The third-order valence-corrected chi connectivity index (χ3v) is 4.52. The molecule has 108 valence electrons. The van der Waals surface area contributed by atoms with Gasteiger partial charge in [-0.3, -0.25) is 0 Å². The Kier molecular flexibility index (Phi) is 5.56. The molecule has 0 aliphatic carbocycles. The maximum absolute atomic E-state index is 4.51. The van der Waals surface area contributed by atoms with Gasteiger partial charge >= 0.3 is 0 Å². The molecular weight excluding hydrogens is 266 g/mol. The lowest BCUT2D eigenvalue weighted by atomic mass is 10.1. The monoisotopic (exact) mass is 289 g/mol. The molecule has 0 amide bonds. The molecule has 2 aromatic rings. The molecule has 1 heterocycles. The smallest absolute Gasteiger partial charge is 0.185 e. The van der Waals surface area contributed by atoms with Crippen LogP contribution in [0.15, 0.2) is 36.5 Å². The van der Waals surface area contributed by atoms with Crippen LogP contribution in [0.1, 0.15) is 37.3 Å². The van der Waals surface area contributed by atoms with Gasteiger partial charge < -0.3 is 10.2 Å². The van der Waals surface area contributed by atoms with Gasteiger partial charge in [0.1, 0.15) is 0 Å². The van der Waals surface area contributed by atoms with Crippen molar-refractivity contribution in [3.05, 3.63) is 47.0 Å². The Morgan fingerprint density at radius 2 is 1.90 bits per heavy atom. The van der Waals surface area contributed by atoms with Gasteiger partial charge in [-0.1, -0.05) is 30.3 Å². The number of hydrogen-bond acceptors (Lipinski definition) is 4. The lowest BCUT2D eigenvalue weighted by Crippen LogP contribution is -2.21. The van der Waals surface area contributed by atoms with Crippen LogP contribution in [0.3, 0.4) is 0 Å². The zero-order chi connectivity index (χ0) is 14.4. The number of rotatable bonds is 7. The summed E-state index contributed by atoms with van der Waals surface area (Å²) in [6.07, 6.45) is 1.99. The molecule has 1 atom stereocenters. The SMILES string of the molecule is CCN(CC)c1ncc(CN[C@@H](C)c2ccccc2)s1. The molecule has 0 saturated carbocycles. The average molecular weight is 289 g/mol. The molecule has 0 spiro atoms. The maximum Gasteiger partial charge on any atom is 0.185 e. The van der Waals surface area contributed by atoms with E-state index >= 15 is 0 Å². The van der Waals surface area contributed by atoms with E-state index < -0.39 is 0 Å². The largest absolute Gasteiger partial charge is 0.349 e. The van der Waals surface area contributed by atoms with Crippen molar-refractivity contribution in [1.29, 1.82) is 0 Å². The second-order valence-electron chi connectivity index (χ2n) is 4.79. The van der Waals surface area contributed by atoms with E-state index in [2.05, 4.69) is 66.3 Å². The first kappa shape index (κ1) is 15.0. The Balaban J connectivity index is 1.91. The van der Waals surface area contributed by atoms with Gasteiger partial charge in [0.25, 0.3) is 0 Å². The summed E-state index contributed by atoms with van der Waals surface area (Å²) in [7, 11) is 0. The van der Waals surface area contributed by atoms with Crippen LogP contribution in [0, 0.1) is 0 Å². The number of nitrogens with one attached hydrogen (secondary N) is 1. The lowest BCUT2D eigenvalue weighted by Gasteiger charge is -2.16. The minimum atomic E-state index is 0.357. The molecule has 0 aliphatic rings. The van der Waals surface area contributed by atoms with Gasteiger partial charge in [0.2, 0.25) is 0 Å². The van der Waals surface area contributed by atoms with Crippen LogP contribution in [-0.4, -0.2) is 18.1 Å². The highest BCUT2D eigenvalue weighted by Crippen LogP contribution is 2.23. The Morgan fingerprint density at radius 1 is 1.20 bits per heavy atom. The Hall–Kier alpha value is -1.39. The molecule has 4 heteroatoms. The van der Waals surface area contributed by atoms with Crippen LogP contribution in [0.4, 0.5) is 5.13 Å². The molecule has 1 N–H and O–H groups in total. The van der Waals surface area contributed by atoms with E-state index in [0.29, 0.717) is 6.04 Å². The fourth-order valence-corrected chi connectivity index (χ4v) is 3.12. The molecule has 20 heavy (non-hydrogen) atoms. The fraction of sp³-hybridized carbons (Fsp3) is 0.438.